The molecule has 0 aliphatic rings. The summed E-state index contributed by atoms with van der Waals surface area (Å²) in [5, 5.41) is 4.26. The lowest BCUT2D eigenvalue weighted by Gasteiger charge is -1.95. The third kappa shape index (κ3) is 1.64. The second kappa shape index (κ2) is 3.69. The van der Waals surface area contributed by atoms with Crippen LogP contribution in [0.3, 0.4) is 0 Å². The van der Waals surface area contributed by atoms with Crippen molar-refractivity contribution in [3.63, 3.8) is 0 Å². The number of fused-ring (bicyclic) bond motifs is 1. The number of hydrogen-bond donors (Lipinski definition) is 2. The molecule has 0 fully saturated rings. The molecule has 3 N–H and O–H groups in total. The largest absolute Gasteiger partial charge is 0.383 e. The molecule has 0 saturated heterocycles. The second-order valence-electron chi connectivity index (χ2n) is 4.10. The van der Waals surface area contributed by atoms with E-state index in [9.17, 15) is 4.79 Å². The van der Waals surface area contributed by atoms with Crippen LogP contribution in [0.4, 0.5) is 5.82 Å². The molecular weight excluding hydrogens is 230 g/mol. The van der Waals surface area contributed by atoms with Gasteiger partial charge in [-0.3, -0.25) is 9.78 Å². The fraction of sp³-hybridized carbons (Fsp3) is 0.0833. The van der Waals surface area contributed by atoms with Crippen LogP contribution in [0.2, 0.25) is 0 Å². The smallest absolute Gasteiger partial charge is 0.254 e. The standard InChI is InChI=1S/C12H11N5O/c1-7-2-4-8(5-3-7)11-15-12-14-10(18)6-9(13)17(12)16-11/h2-6H,13H2,1H3,(H,14,15,16,18). The Kier molecular flexibility index (Phi) is 2.16. The Labute approximate surface area is 102 Å². The van der Waals surface area contributed by atoms with Crippen molar-refractivity contribution in [3.05, 3.63) is 46.2 Å². The maximum absolute atomic E-state index is 11.3. The van der Waals surface area contributed by atoms with Gasteiger partial charge in [0.2, 0.25) is 5.78 Å². The quantitative estimate of drug-likeness (QED) is 0.664. The van der Waals surface area contributed by atoms with Crippen molar-refractivity contribution in [2.24, 2.45) is 0 Å². The van der Waals surface area contributed by atoms with Crippen molar-refractivity contribution < 1.29 is 0 Å². The van der Waals surface area contributed by atoms with Gasteiger partial charge in [-0.25, -0.2) is 0 Å². The maximum Gasteiger partial charge on any atom is 0.254 e. The van der Waals surface area contributed by atoms with Gasteiger partial charge in [-0.15, -0.1) is 5.10 Å². The van der Waals surface area contributed by atoms with Gasteiger partial charge in [-0.05, 0) is 6.92 Å². The summed E-state index contributed by atoms with van der Waals surface area (Å²) in [6.45, 7) is 2.01. The van der Waals surface area contributed by atoms with Crippen LogP contribution < -0.4 is 11.3 Å². The highest BCUT2D eigenvalue weighted by Gasteiger charge is 2.08. The van der Waals surface area contributed by atoms with E-state index in [2.05, 4.69) is 15.1 Å². The van der Waals surface area contributed by atoms with Crippen LogP contribution in [-0.4, -0.2) is 19.6 Å². The van der Waals surface area contributed by atoms with Crippen molar-refractivity contribution >= 4 is 11.6 Å². The summed E-state index contributed by atoms with van der Waals surface area (Å²) in [5.74, 6) is 1.14. The van der Waals surface area contributed by atoms with E-state index in [0.717, 1.165) is 11.1 Å². The normalized spacial score (nSPS) is 10.9. The van der Waals surface area contributed by atoms with Crippen LogP contribution in [0.25, 0.3) is 17.2 Å². The summed E-state index contributed by atoms with van der Waals surface area (Å²) in [6, 6.07) is 9.09. The molecule has 18 heavy (non-hydrogen) atoms. The molecule has 6 nitrogen and oxygen atoms in total. The number of anilines is 1. The Morgan fingerprint density at radius 3 is 2.72 bits per heavy atom. The van der Waals surface area contributed by atoms with Gasteiger partial charge in [0.05, 0.1) is 0 Å². The summed E-state index contributed by atoms with van der Waals surface area (Å²) < 4.78 is 1.41. The molecule has 0 radical (unpaired) electrons. The van der Waals surface area contributed by atoms with E-state index in [0.29, 0.717) is 11.6 Å². The predicted octanol–water partition coefficient (Wildman–Crippen LogP) is 0.975. The predicted molar refractivity (Wildman–Crippen MR) is 68.2 cm³/mol. The molecule has 0 bridgehead atoms. The Balaban J connectivity index is 2.22. The highest BCUT2D eigenvalue weighted by atomic mass is 16.1. The average Bonchev–Trinajstić information content (AvgIpc) is 2.74. The van der Waals surface area contributed by atoms with Crippen molar-refractivity contribution in [3.8, 4) is 11.4 Å². The number of H-pyrrole nitrogens is 1. The van der Waals surface area contributed by atoms with E-state index >= 15 is 0 Å². The molecule has 1 aromatic carbocycles. The molecule has 0 aliphatic carbocycles. The highest BCUT2D eigenvalue weighted by Crippen LogP contribution is 2.16. The van der Waals surface area contributed by atoms with Gasteiger partial charge in [-0.1, -0.05) is 29.8 Å². The first-order chi connectivity index (χ1) is 8.63. The number of nitrogens with zero attached hydrogens (tertiary/aromatic N) is 3. The topological polar surface area (TPSA) is 89.1 Å². The fourth-order valence-corrected chi connectivity index (χ4v) is 1.74. The molecule has 3 aromatic rings. The number of aryl methyl sites for hydroxylation is 1. The van der Waals surface area contributed by atoms with E-state index < -0.39 is 0 Å². The minimum atomic E-state index is -0.289. The van der Waals surface area contributed by atoms with Gasteiger partial charge in [0, 0.05) is 11.6 Å². The Morgan fingerprint density at radius 1 is 1.28 bits per heavy atom. The molecule has 2 aromatic heterocycles. The molecule has 0 spiro atoms. The zero-order chi connectivity index (χ0) is 12.7. The second-order valence-corrected chi connectivity index (χ2v) is 4.10. The summed E-state index contributed by atoms with van der Waals surface area (Å²) in [6.07, 6.45) is 0. The summed E-state index contributed by atoms with van der Waals surface area (Å²) in [4.78, 5) is 18.1. The number of aromatic nitrogens is 4. The minimum Gasteiger partial charge on any atom is -0.383 e. The Morgan fingerprint density at radius 2 is 2.00 bits per heavy atom. The molecule has 90 valence electrons. The Hall–Kier alpha value is -2.63. The van der Waals surface area contributed by atoms with Gasteiger partial charge in [-0.2, -0.15) is 9.50 Å². The van der Waals surface area contributed by atoms with Crippen molar-refractivity contribution in [1.29, 1.82) is 0 Å². The van der Waals surface area contributed by atoms with Crippen LogP contribution in [-0.2, 0) is 0 Å². The van der Waals surface area contributed by atoms with Crippen LogP contribution in [0, 0.1) is 6.92 Å². The highest BCUT2D eigenvalue weighted by molar-refractivity contribution is 5.58. The zero-order valence-electron chi connectivity index (χ0n) is 9.71. The first-order valence-electron chi connectivity index (χ1n) is 5.46. The lowest BCUT2D eigenvalue weighted by atomic mass is 10.1. The van der Waals surface area contributed by atoms with Gasteiger partial charge in [0.15, 0.2) is 5.82 Å². The van der Waals surface area contributed by atoms with E-state index in [1.54, 1.807) is 0 Å². The average molecular weight is 241 g/mol. The minimum absolute atomic E-state index is 0.264. The summed E-state index contributed by atoms with van der Waals surface area (Å²) in [5.41, 5.74) is 7.47. The molecule has 0 atom stereocenters. The lowest BCUT2D eigenvalue weighted by molar-refractivity contribution is 0.946. The number of nitrogen functional groups attached to an aromatic ring is 1. The van der Waals surface area contributed by atoms with E-state index in [1.165, 1.54) is 10.6 Å². The number of nitrogens with two attached hydrogens (primary N) is 1. The van der Waals surface area contributed by atoms with Crippen LogP contribution >= 0.6 is 0 Å². The van der Waals surface area contributed by atoms with Crippen LogP contribution in [0.1, 0.15) is 5.56 Å². The number of aromatic amines is 1. The number of nitrogens with one attached hydrogen (secondary N) is 1. The van der Waals surface area contributed by atoms with Gasteiger partial charge >= 0.3 is 0 Å². The number of rotatable bonds is 1. The monoisotopic (exact) mass is 241 g/mol. The van der Waals surface area contributed by atoms with Crippen LogP contribution in [0.15, 0.2) is 35.1 Å². The first-order valence-corrected chi connectivity index (χ1v) is 5.46. The number of hydrogen-bond acceptors (Lipinski definition) is 4. The molecule has 6 heteroatoms. The van der Waals surface area contributed by atoms with Gasteiger partial charge in [0.1, 0.15) is 5.82 Å². The summed E-state index contributed by atoms with van der Waals surface area (Å²) >= 11 is 0. The van der Waals surface area contributed by atoms with Crippen LogP contribution in [0.5, 0.6) is 0 Å². The number of benzene rings is 1. The van der Waals surface area contributed by atoms with Gasteiger partial charge in [0.25, 0.3) is 5.56 Å². The summed E-state index contributed by atoms with van der Waals surface area (Å²) in [7, 11) is 0. The van der Waals surface area contributed by atoms with Gasteiger partial charge < -0.3 is 5.73 Å². The molecule has 2 heterocycles. The van der Waals surface area contributed by atoms with E-state index in [-0.39, 0.29) is 11.4 Å². The fourth-order valence-electron chi connectivity index (χ4n) is 1.74. The van der Waals surface area contributed by atoms with Crippen molar-refractivity contribution in [1.82, 2.24) is 19.6 Å². The lowest BCUT2D eigenvalue weighted by Crippen LogP contribution is -2.11. The molecule has 0 amide bonds. The Bertz CT molecular complexity index is 769. The molecule has 0 saturated carbocycles. The first kappa shape index (κ1) is 10.5. The van der Waals surface area contributed by atoms with Crippen molar-refractivity contribution in [2.45, 2.75) is 6.92 Å². The zero-order valence-corrected chi connectivity index (χ0v) is 9.71. The molecule has 0 aliphatic heterocycles. The molecule has 3 rings (SSSR count). The van der Waals surface area contributed by atoms with Crippen molar-refractivity contribution in [2.75, 3.05) is 5.73 Å². The SMILES string of the molecule is Cc1ccc(-c2nc3[nH]c(=O)cc(N)n3n2)cc1. The molecular formula is C12H11N5O. The molecule has 0 unspecified atom stereocenters. The third-order valence-electron chi connectivity index (χ3n) is 2.68. The maximum atomic E-state index is 11.3. The van der Waals surface area contributed by atoms with E-state index in [1.807, 2.05) is 31.2 Å². The van der Waals surface area contributed by atoms with E-state index in [4.69, 9.17) is 5.73 Å². The third-order valence-corrected chi connectivity index (χ3v) is 2.68.